The molecular weight excluding hydrogens is 321 g/mol. The Hall–Kier alpha value is -1.20. The number of hydrogen-bond donors (Lipinski definition) is 1. The van der Waals surface area contributed by atoms with E-state index in [4.69, 9.17) is 0 Å². The standard InChI is InChI=1S/C15H19BrFN3/c1-3-7-18-14(15-13(16)10-19-20(15)2)9-11-5-4-6-12(17)8-11/h4-6,8,10,14,18H,3,7,9H2,1-2H3. The van der Waals surface area contributed by atoms with E-state index >= 15 is 0 Å². The molecule has 1 unspecified atom stereocenters. The lowest BCUT2D eigenvalue weighted by atomic mass is 10.0. The third kappa shape index (κ3) is 3.67. The van der Waals surface area contributed by atoms with Gasteiger partial charge in [0.05, 0.1) is 22.4 Å². The Labute approximate surface area is 127 Å². The van der Waals surface area contributed by atoms with E-state index in [1.807, 2.05) is 17.8 Å². The van der Waals surface area contributed by atoms with Gasteiger partial charge in [0.15, 0.2) is 0 Å². The van der Waals surface area contributed by atoms with Gasteiger partial charge in [0.1, 0.15) is 5.82 Å². The van der Waals surface area contributed by atoms with Crippen LogP contribution in [0.4, 0.5) is 4.39 Å². The van der Waals surface area contributed by atoms with Crippen molar-refractivity contribution in [1.29, 1.82) is 0 Å². The van der Waals surface area contributed by atoms with E-state index < -0.39 is 0 Å². The molecule has 0 bridgehead atoms. The van der Waals surface area contributed by atoms with Gasteiger partial charge in [-0.1, -0.05) is 19.1 Å². The Morgan fingerprint density at radius 3 is 2.85 bits per heavy atom. The number of nitrogens with zero attached hydrogens (tertiary/aromatic N) is 2. The first-order valence-electron chi connectivity index (χ1n) is 6.77. The first-order chi connectivity index (χ1) is 9.61. The Bertz CT molecular complexity index is 548. The van der Waals surface area contributed by atoms with E-state index in [1.165, 1.54) is 6.07 Å². The highest BCUT2D eigenvalue weighted by molar-refractivity contribution is 9.10. The van der Waals surface area contributed by atoms with Gasteiger partial charge in [-0.05, 0) is 53.0 Å². The van der Waals surface area contributed by atoms with Crippen molar-refractivity contribution in [3.63, 3.8) is 0 Å². The summed E-state index contributed by atoms with van der Waals surface area (Å²) in [5, 5.41) is 7.77. The predicted molar refractivity (Wildman–Crippen MR) is 82.0 cm³/mol. The molecule has 0 spiro atoms. The third-order valence-electron chi connectivity index (χ3n) is 3.24. The van der Waals surface area contributed by atoms with Crippen molar-refractivity contribution >= 4 is 15.9 Å². The van der Waals surface area contributed by atoms with E-state index in [2.05, 4.69) is 33.3 Å². The molecule has 108 valence electrons. The van der Waals surface area contributed by atoms with Gasteiger partial charge in [-0.15, -0.1) is 0 Å². The Morgan fingerprint density at radius 2 is 2.25 bits per heavy atom. The number of aryl methyl sites for hydroxylation is 1. The molecule has 1 atom stereocenters. The van der Waals surface area contributed by atoms with Gasteiger partial charge in [-0.2, -0.15) is 5.10 Å². The summed E-state index contributed by atoms with van der Waals surface area (Å²) in [4.78, 5) is 0. The monoisotopic (exact) mass is 339 g/mol. The van der Waals surface area contributed by atoms with E-state index in [0.29, 0.717) is 0 Å². The molecule has 0 saturated carbocycles. The molecule has 0 radical (unpaired) electrons. The topological polar surface area (TPSA) is 29.9 Å². The summed E-state index contributed by atoms with van der Waals surface area (Å²) in [6, 6.07) is 6.87. The quantitative estimate of drug-likeness (QED) is 0.871. The maximum atomic E-state index is 13.3. The minimum absolute atomic E-state index is 0.110. The van der Waals surface area contributed by atoms with Gasteiger partial charge in [0.2, 0.25) is 0 Å². The van der Waals surface area contributed by atoms with Crippen molar-refractivity contribution in [2.45, 2.75) is 25.8 Å². The second-order valence-corrected chi connectivity index (χ2v) is 5.70. The van der Waals surface area contributed by atoms with Crippen LogP contribution in [0.25, 0.3) is 0 Å². The van der Waals surface area contributed by atoms with Gasteiger partial charge in [0, 0.05) is 7.05 Å². The summed E-state index contributed by atoms with van der Waals surface area (Å²) in [6.07, 6.45) is 3.58. The molecule has 0 aliphatic carbocycles. The van der Waals surface area contributed by atoms with Crippen molar-refractivity contribution in [3.8, 4) is 0 Å². The van der Waals surface area contributed by atoms with Crippen LogP contribution in [0.5, 0.6) is 0 Å². The number of hydrogen-bond acceptors (Lipinski definition) is 2. The second kappa shape index (κ2) is 6.99. The number of nitrogens with one attached hydrogen (secondary N) is 1. The largest absolute Gasteiger partial charge is 0.308 e. The van der Waals surface area contributed by atoms with E-state index in [1.54, 1.807) is 18.3 Å². The van der Waals surface area contributed by atoms with Crippen molar-refractivity contribution < 1.29 is 4.39 Å². The smallest absolute Gasteiger partial charge is 0.123 e. The lowest BCUT2D eigenvalue weighted by Crippen LogP contribution is -2.26. The molecule has 1 heterocycles. The highest BCUT2D eigenvalue weighted by Gasteiger charge is 2.18. The average Bonchev–Trinajstić information content (AvgIpc) is 2.74. The fourth-order valence-electron chi connectivity index (χ4n) is 2.30. The minimum atomic E-state index is -0.194. The van der Waals surface area contributed by atoms with Gasteiger partial charge in [-0.25, -0.2) is 4.39 Å². The van der Waals surface area contributed by atoms with Crippen molar-refractivity contribution in [2.75, 3.05) is 6.54 Å². The lowest BCUT2D eigenvalue weighted by Gasteiger charge is -2.20. The van der Waals surface area contributed by atoms with Crippen LogP contribution in [0.15, 0.2) is 34.9 Å². The van der Waals surface area contributed by atoms with Crippen LogP contribution in [0.1, 0.15) is 30.6 Å². The molecule has 5 heteroatoms. The van der Waals surface area contributed by atoms with E-state index in [9.17, 15) is 4.39 Å². The fourth-order valence-corrected chi connectivity index (χ4v) is 2.92. The normalized spacial score (nSPS) is 12.6. The zero-order chi connectivity index (χ0) is 14.5. The van der Waals surface area contributed by atoms with Crippen molar-refractivity contribution in [1.82, 2.24) is 15.1 Å². The zero-order valence-electron chi connectivity index (χ0n) is 11.7. The molecule has 20 heavy (non-hydrogen) atoms. The van der Waals surface area contributed by atoms with Crippen LogP contribution in [-0.4, -0.2) is 16.3 Å². The predicted octanol–water partition coefficient (Wildman–Crippen LogP) is 3.61. The van der Waals surface area contributed by atoms with Crippen LogP contribution >= 0.6 is 15.9 Å². The maximum absolute atomic E-state index is 13.3. The van der Waals surface area contributed by atoms with Crippen LogP contribution in [0, 0.1) is 5.82 Å². The van der Waals surface area contributed by atoms with Crippen LogP contribution in [0.2, 0.25) is 0 Å². The molecule has 0 saturated heterocycles. The Morgan fingerprint density at radius 1 is 1.45 bits per heavy atom. The Balaban J connectivity index is 2.24. The number of benzene rings is 1. The molecule has 2 aromatic rings. The van der Waals surface area contributed by atoms with Crippen molar-refractivity contribution in [3.05, 3.63) is 52.0 Å². The summed E-state index contributed by atoms with van der Waals surface area (Å²) in [5.41, 5.74) is 2.06. The molecule has 1 aromatic heterocycles. The summed E-state index contributed by atoms with van der Waals surface area (Å²) < 4.78 is 16.2. The summed E-state index contributed by atoms with van der Waals surface area (Å²) >= 11 is 3.54. The molecule has 0 fully saturated rings. The van der Waals surface area contributed by atoms with Crippen LogP contribution < -0.4 is 5.32 Å². The minimum Gasteiger partial charge on any atom is -0.308 e. The van der Waals surface area contributed by atoms with E-state index in [0.717, 1.165) is 35.1 Å². The van der Waals surface area contributed by atoms with E-state index in [-0.39, 0.29) is 11.9 Å². The fraction of sp³-hybridized carbons (Fsp3) is 0.400. The maximum Gasteiger partial charge on any atom is 0.123 e. The molecule has 0 aliphatic heterocycles. The summed E-state index contributed by atoms with van der Waals surface area (Å²) in [7, 11) is 1.92. The first-order valence-corrected chi connectivity index (χ1v) is 7.56. The molecule has 0 amide bonds. The first kappa shape index (κ1) is 15.2. The van der Waals surface area contributed by atoms with Gasteiger partial charge in [-0.3, -0.25) is 4.68 Å². The number of halogens is 2. The average molecular weight is 340 g/mol. The molecule has 0 aliphatic rings. The van der Waals surface area contributed by atoms with Gasteiger partial charge < -0.3 is 5.32 Å². The lowest BCUT2D eigenvalue weighted by molar-refractivity contribution is 0.490. The summed E-state index contributed by atoms with van der Waals surface area (Å²) in [6.45, 7) is 3.04. The van der Waals surface area contributed by atoms with Gasteiger partial charge >= 0.3 is 0 Å². The molecule has 1 N–H and O–H groups in total. The number of aromatic nitrogens is 2. The molecule has 1 aromatic carbocycles. The number of rotatable bonds is 6. The highest BCUT2D eigenvalue weighted by Crippen LogP contribution is 2.25. The molecular formula is C15H19BrFN3. The SMILES string of the molecule is CCCNC(Cc1cccc(F)c1)c1c(Br)cnn1C. The van der Waals surface area contributed by atoms with Crippen LogP contribution in [-0.2, 0) is 13.5 Å². The van der Waals surface area contributed by atoms with Gasteiger partial charge in [0.25, 0.3) is 0 Å². The highest BCUT2D eigenvalue weighted by atomic mass is 79.9. The molecule has 3 nitrogen and oxygen atoms in total. The summed E-state index contributed by atoms with van der Waals surface area (Å²) in [5.74, 6) is -0.194. The van der Waals surface area contributed by atoms with Crippen LogP contribution in [0.3, 0.4) is 0 Å². The molecule has 2 rings (SSSR count). The zero-order valence-corrected chi connectivity index (χ0v) is 13.3. The van der Waals surface area contributed by atoms with Crippen molar-refractivity contribution in [2.24, 2.45) is 7.05 Å². The second-order valence-electron chi connectivity index (χ2n) is 4.84. The Kier molecular flexibility index (Phi) is 5.31. The third-order valence-corrected chi connectivity index (χ3v) is 3.85.